The van der Waals surface area contributed by atoms with Crippen molar-refractivity contribution in [1.82, 2.24) is 9.97 Å². The van der Waals surface area contributed by atoms with Gasteiger partial charge in [0.25, 0.3) is 0 Å². The van der Waals surface area contributed by atoms with Crippen LogP contribution in [-0.4, -0.2) is 16.5 Å². The van der Waals surface area contributed by atoms with Crippen molar-refractivity contribution in [3.8, 4) is 0 Å². The van der Waals surface area contributed by atoms with Gasteiger partial charge in [-0.15, -0.1) is 0 Å². The lowest BCUT2D eigenvalue weighted by molar-refractivity contribution is 0.724. The Balaban J connectivity index is 1.88. The Labute approximate surface area is 107 Å². The minimum absolute atomic E-state index is 0.369. The van der Waals surface area contributed by atoms with Crippen LogP contribution in [-0.2, 0) is 12.8 Å². The van der Waals surface area contributed by atoms with E-state index in [1.54, 1.807) is 0 Å². The van der Waals surface area contributed by atoms with Gasteiger partial charge in [-0.3, -0.25) is 0 Å². The summed E-state index contributed by atoms with van der Waals surface area (Å²) in [4.78, 5) is 9.02. The van der Waals surface area contributed by atoms with Crippen LogP contribution in [0.1, 0.15) is 34.9 Å². The van der Waals surface area contributed by atoms with Gasteiger partial charge < -0.3 is 5.73 Å². The van der Waals surface area contributed by atoms with Gasteiger partial charge in [-0.2, -0.15) is 0 Å². The van der Waals surface area contributed by atoms with Gasteiger partial charge in [0.05, 0.1) is 0 Å². The van der Waals surface area contributed by atoms with Gasteiger partial charge in [-0.25, -0.2) is 9.97 Å². The summed E-state index contributed by atoms with van der Waals surface area (Å²) < 4.78 is 0. The number of fused-ring (bicyclic) bond motifs is 1. The largest absolute Gasteiger partial charge is 0.330 e. The van der Waals surface area contributed by atoms with Crippen LogP contribution >= 0.6 is 0 Å². The molecule has 2 N–H and O–H groups in total. The first-order valence-corrected chi connectivity index (χ1v) is 6.47. The van der Waals surface area contributed by atoms with Crippen LogP contribution in [0, 0.1) is 0 Å². The Morgan fingerprint density at radius 1 is 1.17 bits per heavy atom. The van der Waals surface area contributed by atoms with E-state index in [2.05, 4.69) is 34.2 Å². The highest BCUT2D eigenvalue weighted by Gasteiger charge is 2.25. The molecule has 0 aliphatic heterocycles. The van der Waals surface area contributed by atoms with Crippen molar-refractivity contribution in [2.45, 2.75) is 25.2 Å². The molecule has 0 fully saturated rings. The second-order valence-electron chi connectivity index (χ2n) is 4.78. The highest BCUT2D eigenvalue weighted by molar-refractivity contribution is 5.38. The van der Waals surface area contributed by atoms with Crippen molar-refractivity contribution >= 4 is 0 Å². The molecule has 1 aliphatic rings. The van der Waals surface area contributed by atoms with E-state index in [-0.39, 0.29) is 0 Å². The minimum atomic E-state index is 0.369. The van der Waals surface area contributed by atoms with Crippen molar-refractivity contribution in [2.24, 2.45) is 5.73 Å². The van der Waals surface area contributed by atoms with Gasteiger partial charge in [0.2, 0.25) is 0 Å². The standard InChI is InChI=1S/C15H17N3/c16-8-7-11-9-17-15(18-10-11)14-6-5-12-3-1-2-4-13(12)14/h1-4,9-10,14H,5-8,16H2. The second-order valence-corrected chi connectivity index (χ2v) is 4.78. The van der Waals surface area contributed by atoms with Crippen molar-refractivity contribution < 1.29 is 0 Å². The highest BCUT2D eigenvalue weighted by Crippen LogP contribution is 2.35. The zero-order chi connectivity index (χ0) is 12.4. The fourth-order valence-corrected chi connectivity index (χ4v) is 2.67. The van der Waals surface area contributed by atoms with Crippen LogP contribution in [0.25, 0.3) is 0 Å². The van der Waals surface area contributed by atoms with Gasteiger partial charge in [0, 0.05) is 18.3 Å². The summed E-state index contributed by atoms with van der Waals surface area (Å²) in [6.07, 6.45) is 6.93. The first kappa shape index (κ1) is 11.4. The molecule has 3 heteroatoms. The molecular formula is C15H17N3. The third-order valence-corrected chi connectivity index (χ3v) is 3.60. The first-order valence-electron chi connectivity index (χ1n) is 6.47. The number of rotatable bonds is 3. The van der Waals surface area contributed by atoms with E-state index in [1.165, 1.54) is 11.1 Å². The molecule has 1 aliphatic carbocycles. The number of aryl methyl sites for hydroxylation is 1. The summed E-state index contributed by atoms with van der Waals surface area (Å²) in [5.41, 5.74) is 9.48. The van der Waals surface area contributed by atoms with E-state index in [4.69, 9.17) is 5.73 Å². The van der Waals surface area contributed by atoms with Crippen LogP contribution in [0.4, 0.5) is 0 Å². The number of benzene rings is 1. The van der Waals surface area contributed by atoms with Crippen LogP contribution in [0.5, 0.6) is 0 Å². The molecule has 3 nitrogen and oxygen atoms in total. The molecule has 0 saturated carbocycles. The second kappa shape index (κ2) is 4.86. The van der Waals surface area contributed by atoms with Crippen molar-refractivity contribution in [3.05, 3.63) is 59.2 Å². The molecule has 18 heavy (non-hydrogen) atoms. The number of nitrogens with two attached hydrogens (primary N) is 1. The topological polar surface area (TPSA) is 51.8 Å². The molecule has 3 rings (SSSR count). The first-order chi connectivity index (χ1) is 8.88. The smallest absolute Gasteiger partial charge is 0.135 e. The third kappa shape index (κ3) is 2.02. The lowest BCUT2D eigenvalue weighted by Crippen LogP contribution is -2.06. The quantitative estimate of drug-likeness (QED) is 0.892. The van der Waals surface area contributed by atoms with E-state index >= 15 is 0 Å². The molecule has 2 aromatic rings. The zero-order valence-corrected chi connectivity index (χ0v) is 10.3. The predicted molar refractivity (Wildman–Crippen MR) is 71.4 cm³/mol. The monoisotopic (exact) mass is 239 g/mol. The maximum absolute atomic E-state index is 5.53. The average Bonchev–Trinajstić information content (AvgIpc) is 2.84. The predicted octanol–water partition coefficient (Wildman–Crippen LogP) is 2.06. The maximum atomic E-state index is 5.53. The molecule has 1 aromatic heterocycles. The molecule has 1 heterocycles. The Kier molecular flexibility index (Phi) is 3.07. The summed E-state index contributed by atoms with van der Waals surface area (Å²) in [5, 5.41) is 0. The Morgan fingerprint density at radius 3 is 2.72 bits per heavy atom. The molecule has 1 atom stereocenters. The van der Waals surface area contributed by atoms with E-state index in [0.717, 1.165) is 30.7 Å². The van der Waals surface area contributed by atoms with Gasteiger partial charge in [-0.1, -0.05) is 24.3 Å². The molecule has 92 valence electrons. The minimum Gasteiger partial charge on any atom is -0.330 e. The number of hydrogen-bond donors (Lipinski definition) is 1. The summed E-state index contributed by atoms with van der Waals surface area (Å²) in [5.74, 6) is 1.31. The molecule has 0 saturated heterocycles. The molecule has 0 radical (unpaired) electrons. The molecule has 1 unspecified atom stereocenters. The van der Waals surface area contributed by atoms with Gasteiger partial charge in [-0.05, 0) is 42.5 Å². The molecule has 0 amide bonds. The van der Waals surface area contributed by atoms with E-state index in [0.29, 0.717) is 12.5 Å². The zero-order valence-electron chi connectivity index (χ0n) is 10.3. The number of nitrogens with zero attached hydrogens (tertiary/aromatic N) is 2. The summed E-state index contributed by atoms with van der Waals surface area (Å²) in [6, 6.07) is 8.61. The lowest BCUT2D eigenvalue weighted by atomic mass is 10.0. The van der Waals surface area contributed by atoms with Crippen LogP contribution in [0.15, 0.2) is 36.7 Å². The fraction of sp³-hybridized carbons (Fsp3) is 0.333. The van der Waals surface area contributed by atoms with Crippen LogP contribution in [0.3, 0.4) is 0 Å². The average molecular weight is 239 g/mol. The number of aromatic nitrogens is 2. The van der Waals surface area contributed by atoms with E-state index in [1.807, 2.05) is 12.4 Å². The van der Waals surface area contributed by atoms with Crippen molar-refractivity contribution in [2.75, 3.05) is 6.54 Å². The molecule has 0 bridgehead atoms. The van der Waals surface area contributed by atoms with Gasteiger partial charge >= 0.3 is 0 Å². The summed E-state index contributed by atoms with van der Waals surface area (Å²) >= 11 is 0. The molecule has 0 spiro atoms. The normalized spacial score (nSPS) is 17.7. The molecular weight excluding hydrogens is 222 g/mol. The van der Waals surface area contributed by atoms with Gasteiger partial charge in [0.1, 0.15) is 5.82 Å². The highest BCUT2D eigenvalue weighted by atomic mass is 14.9. The Morgan fingerprint density at radius 2 is 1.94 bits per heavy atom. The summed E-state index contributed by atoms with van der Waals surface area (Å²) in [6.45, 7) is 0.648. The van der Waals surface area contributed by atoms with Crippen molar-refractivity contribution in [3.63, 3.8) is 0 Å². The fourth-order valence-electron chi connectivity index (χ4n) is 2.67. The van der Waals surface area contributed by atoms with E-state index < -0.39 is 0 Å². The number of hydrogen-bond acceptors (Lipinski definition) is 3. The third-order valence-electron chi connectivity index (χ3n) is 3.60. The Hall–Kier alpha value is -1.74. The maximum Gasteiger partial charge on any atom is 0.135 e. The van der Waals surface area contributed by atoms with Gasteiger partial charge in [0.15, 0.2) is 0 Å². The molecule has 1 aromatic carbocycles. The van der Waals surface area contributed by atoms with Crippen LogP contribution < -0.4 is 5.73 Å². The van der Waals surface area contributed by atoms with Crippen molar-refractivity contribution in [1.29, 1.82) is 0 Å². The van der Waals surface area contributed by atoms with Crippen LogP contribution in [0.2, 0.25) is 0 Å². The lowest BCUT2D eigenvalue weighted by Gasteiger charge is -2.10. The summed E-state index contributed by atoms with van der Waals surface area (Å²) in [7, 11) is 0. The SMILES string of the molecule is NCCc1cnc(C2CCc3ccccc32)nc1. The van der Waals surface area contributed by atoms with E-state index in [9.17, 15) is 0 Å². The Bertz CT molecular complexity index is 534.